The third kappa shape index (κ3) is 3.36. The molecule has 0 radical (unpaired) electrons. The molecular formula is C11H8BrF2NO3. The first-order chi connectivity index (χ1) is 8.32. The van der Waals surface area contributed by atoms with Crippen molar-refractivity contribution in [3.05, 3.63) is 39.5 Å². The summed E-state index contributed by atoms with van der Waals surface area (Å²) in [5.74, 6) is -4.03. The van der Waals surface area contributed by atoms with Crippen LogP contribution >= 0.6 is 15.9 Å². The molecule has 7 heteroatoms. The number of carbonyl (C=O) groups excluding carboxylic acids is 1. The summed E-state index contributed by atoms with van der Waals surface area (Å²) >= 11 is 2.85. The molecule has 0 aliphatic rings. The predicted octanol–water partition coefficient (Wildman–Crippen LogP) is 2.29. The van der Waals surface area contributed by atoms with Crippen LogP contribution in [-0.4, -0.2) is 17.0 Å². The SMILES string of the molecule is CC(=O)N/C(=C/c1c(F)ccc(Br)c1F)C(=O)O. The van der Waals surface area contributed by atoms with Gasteiger partial charge < -0.3 is 10.4 Å². The van der Waals surface area contributed by atoms with Crippen molar-refractivity contribution >= 4 is 33.9 Å². The van der Waals surface area contributed by atoms with Gasteiger partial charge in [0, 0.05) is 12.5 Å². The number of benzene rings is 1. The van der Waals surface area contributed by atoms with Crippen molar-refractivity contribution < 1.29 is 23.5 Å². The quantitative estimate of drug-likeness (QED) is 0.663. The van der Waals surface area contributed by atoms with Crippen LogP contribution in [0.5, 0.6) is 0 Å². The van der Waals surface area contributed by atoms with Crippen LogP contribution < -0.4 is 5.32 Å². The van der Waals surface area contributed by atoms with Crippen LogP contribution in [0.2, 0.25) is 0 Å². The number of carboxylic acid groups (broad SMARTS) is 1. The van der Waals surface area contributed by atoms with E-state index in [-0.39, 0.29) is 4.47 Å². The van der Waals surface area contributed by atoms with Gasteiger partial charge >= 0.3 is 5.97 Å². The van der Waals surface area contributed by atoms with E-state index in [1.165, 1.54) is 0 Å². The Morgan fingerprint density at radius 2 is 2.00 bits per heavy atom. The summed E-state index contributed by atoms with van der Waals surface area (Å²) in [5, 5.41) is 10.8. The van der Waals surface area contributed by atoms with Gasteiger partial charge in [-0.1, -0.05) is 0 Å². The Morgan fingerprint density at radius 3 is 2.50 bits per heavy atom. The Hall–Kier alpha value is -1.76. The van der Waals surface area contributed by atoms with Crippen molar-refractivity contribution in [3.8, 4) is 0 Å². The summed E-state index contributed by atoms with van der Waals surface area (Å²) in [4.78, 5) is 21.6. The fourth-order valence-electron chi connectivity index (χ4n) is 1.16. The second kappa shape index (κ2) is 5.72. The number of hydrogen-bond acceptors (Lipinski definition) is 2. The first-order valence-corrected chi connectivity index (χ1v) is 5.48. The van der Waals surface area contributed by atoms with Gasteiger partial charge in [0.2, 0.25) is 5.91 Å². The molecule has 0 saturated heterocycles. The molecule has 0 fully saturated rings. The molecular weight excluding hydrogens is 312 g/mol. The second-order valence-electron chi connectivity index (χ2n) is 3.30. The molecule has 1 aromatic rings. The maximum Gasteiger partial charge on any atom is 0.352 e. The first-order valence-electron chi connectivity index (χ1n) is 4.69. The Labute approximate surface area is 109 Å². The van der Waals surface area contributed by atoms with Crippen molar-refractivity contribution in [3.63, 3.8) is 0 Å². The third-order valence-corrected chi connectivity index (χ3v) is 2.52. The number of hydrogen-bond donors (Lipinski definition) is 2. The summed E-state index contributed by atoms with van der Waals surface area (Å²) in [6.45, 7) is 1.09. The Bertz CT molecular complexity index is 543. The molecule has 1 aromatic carbocycles. The van der Waals surface area contributed by atoms with Crippen LogP contribution in [0.4, 0.5) is 8.78 Å². The van der Waals surface area contributed by atoms with Crippen LogP contribution in [0.15, 0.2) is 22.3 Å². The van der Waals surface area contributed by atoms with E-state index in [1.807, 2.05) is 5.32 Å². The largest absolute Gasteiger partial charge is 0.477 e. The topological polar surface area (TPSA) is 66.4 Å². The Balaban J connectivity index is 3.32. The highest BCUT2D eigenvalue weighted by Crippen LogP contribution is 2.23. The summed E-state index contributed by atoms with van der Waals surface area (Å²) in [6.07, 6.45) is 0.721. The van der Waals surface area contributed by atoms with Crippen molar-refractivity contribution in [2.75, 3.05) is 0 Å². The number of aliphatic carboxylic acids is 1. The number of amides is 1. The normalized spacial score (nSPS) is 11.2. The fraction of sp³-hybridized carbons (Fsp3) is 0.0909. The van der Waals surface area contributed by atoms with Crippen LogP contribution in [-0.2, 0) is 9.59 Å². The lowest BCUT2D eigenvalue weighted by Crippen LogP contribution is -2.24. The van der Waals surface area contributed by atoms with Gasteiger partial charge in [-0.2, -0.15) is 0 Å². The molecule has 0 atom stereocenters. The highest BCUT2D eigenvalue weighted by molar-refractivity contribution is 9.10. The van der Waals surface area contributed by atoms with E-state index in [4.69, 9.17) is 5.11 Å². The minimum atomic E-state index is -1.50. The van der Waals surface area contributed by atoms with Gasteiger partial charge in [0.1, 0.15) is 17.3 Å². The summed E-state index contributed by atoms with van der Waals surface area (Å²) < 4.78 is 27.0. The average Bonchev–Trinajstić information content (AvgIpc) is 2.27. The summed E-state index contributed by atoms with van der Waals surface area (Å²) in [6, 6.07) is 2.13. The Kier molecular flexibility index (Phi) is 4.55. The van der Waals surface area contributed by atoms with Crippen LogP contribution in [0, 0.1) is 11.6 Å². The van der Waals surface area contributed by atoms with Crippen molar-refractivity contribution in [2.24, 2.45) is 0 Å². The predicted molar refractivity (Wildman–Crippen MR) is 63.5 cm³/mol. The van der Waals surface area contributed by atoms with E-state index in [2.05, 4.69) is 15.9 Å². The van der Waals surface area contributed by atoms with Crippen molar-refractivity contribution in [1.82, 2.24) is 5.32 Å². The molecule has 0 aromatic heterocycles. The molecule has 4 nitrogen and oxygen atoms in total. The standard InChI is InChI=1S/C11H8BrF2NO3/c1-5(16)15-9(11(17)18)4-6-8(13)3-2-7(12)10(6)14/h2-4H,1H3,(H,15,16)(H,17,18)/b9-4+. The summed E-state index contributed by atoms with van der Waals surface area (Å²) in [5.41, 5.74) is -1.16. The first kappa shape index (κ1) is 14.3. The minimum Gasteiger partial charge on any atom is -0.477 e. The van der Waals surface area contributed by atoms with E-state index in [9.17, 15) is 18.4 Å². The zero-order valence-corrected chi connectivity index (χ0v) is 10.7. The van der Waals surface area contributed by atoms with Gasteiger partial charge in [-0.05, 0) is 34.1 Å². The number of carboxylic acids is 1. The highest BCUT2D eigenvalue weighted by Gasteiger charge is 2.15. The highest BCUT2D eigenvalue weighted by atomic mass is 79.9. The maximum absolute atomic E-state index is 13.6. The molecule has 0 bridgehead atoms. The molecule has 0 aliphatic heterocycles. The lowest BCUT2D eigenvalue weighted by molar-refractivity contribution is -0.134. The Morgan fingerprint density at radius 1 is 1.39 bits per heavy atom. The summed E-state index contributed by atoms with van der Waals surface area (Å²) in [7, 11) is 0. The molecule has 0 saturated carbocycles. The van der Waals surface area contributed by atoms with Crippen molar-refractivity contribution in [2.45, 2.75) is 6.92 Å². The maximum atomic E-state index is 13.6. The molecule has 0 unspecified atom stereocenters. The molecule has 0 aliphatic carbocycles. The zero-order chi connectivity index (χ0) is 13.9. The van der Waals surface area contributed by atoms with Crippen LogP contribution in [0.25, 0.3) is 6.08 Å². The molecule has 2 N–H and O–H groups in total. The number of rotatable bonds is 3. The van der Waals surface area contributed by atoms with E-state index < -0.39 is 34.8 Å². The molecule has 1 rings (SSSR count). The van der Waals surface area contributed by atoms with E-state index in [1.54, 1.807) is 0 Å². The number of nitrogens with one attached hydrogen (secondary N) is 1. The van der Waals surface area contributed by atoms with Crippen molar-refractivity contribution in [1.29, 1.82) is 0 Å². The molecule has 0 spiro atoms. The van der Waals surface area contributed by atoms with Gasteiger partial charge in [-0.3, -0.25) is 4.79 Å². The number of halogens is 3. The fourth-order valence-corrected chi connectivity index (χ4v) is 1.51. The number of carbonyl (C=O) groups is 2. The van der Waals surface area contributed by atoms with Gasteiger partial charge in [-0.15, -0.1) is 0 Å². The molecule has 0 heterocycles. The van der Waals surface area contributed by atoms with E-state index >= 15 is 0 Å². The van der Waals surface area contributed by atoms with E-state index in [0.717, 1.165) is 25.1 Å². The van der Waals surface area contributed by atoms with Gasteiger partial charge in [0.05, 0.1) is 4.47 Å². The minimum absolute atomic E-state index is 0.0114. The molecule has 1 amide bonds. The van der Waals surface area contributed by atoms with E-state index in [0.29, 0.717) is 0 Å². The second-order valence-corrected chi connectivity index (χ2v) is 4.16. The molecule has 18 heavy (non-hydrogen) atoms. The third-order valence-electron chi connectivity index (χ3n) is 1.91. The zero-order valence-electron chi connectivity index (χ0n) is 9.13. The lowest BCUT2D eigenvalue weighted by Gasteiger charge is -2.05. The van der Waals surface area contributed by atoms with Gasteiger partial charge in [-0.25, -0.2) is 13.6 Å². The van der Waals surface area contributed by atoms with Gasteiger partial charge in [0.25, 0.3) is 0 Å². The molecule has 96 valence electrons. The lowest BCUT2D eigenvalue weighted by atomic mass is 10.1. The smallest absolute Gasteiger partial charge is 0.352 e. The van der Waals surface area contributed by atoms with Gasteiger partial charge in [0.15, 0.2) is 0 Å². The van der Waals surface area contributed by atoms with Crippen LogP contribution in [0.3, 0.4) is 0 Å². The monoisotopic (exact) mass is 319 g/mol. The average molecular weight is 320 g/mol. The van der Waals surface area contributed by atoms with Crippen LogP contribution in [0.1, 0.15) is 12.5 Å².